The van der Waals surface area contributed by atoms with Gasteiger partial charge in [0.05, 0.1) is 0 Å². The maximum Gasteiger partial charge on any atom is 0.191 e. The first-order valence-corrected chi connectivity index (χ1v) is 6.40. The van der Waals surface area contributed by atoms with Gasteiger partial charge in [0.25, 0.3) is 0 Å². The molecule has 3 N–H and O–H groups in total. The molecule has 1 aromatic rings. The van der Waals surface area contributed by atoms with Crippen molar-refractivity contribution in [2.24, 2.45) is 0 Å². The first-order valence-electron chi connectivity index (χ1n) is 5.17. The lowest BCUT2D eigenvalue weighted by Gasteiger charge is -2.14. The zero-order chi connectivity index (χ0) is 12.0. The lowest BCUT2D eigenvalue weighted by Crippen LogP contribution is -2.17. The van der Waals surface area contributed by atoms with Gasteiger partial charge in [-0.2, -0.15) is 0 Å². The third kappa shape index (κ3) is 3.86. The summed E-state index contributed by atoms with van der Waals surface area (Å²) in [6, 6.07) is 2.05. The quantitative estimate of drug-likeness (QED) is 0.518. The van der Waals surface area contributed by atoms with Crippen LogP contribution in [0.3, 0.4) is 0 Å². The molecule has 0 aliphatic rings. The van der Waals surface area contributed by atoms with Crippen LogP contribution in [0.1, 0.15) is 13.3 Å². The summed E-state index contributed by atoms with van der Waals surface area (Å²) in [6.07, 6.45) is 2.64. The van der Waals surface area contributed by atoms with Crippen LogP contribution in [0, 0.1) is 0 Å². The van der Waals surface area contributed by atoms with Gasteiger partial charge in [-0.15, -0.1) is 0 Å². The molecule has 0 radical (unpaired) electrons. The van der Waals surface area contributed by atoms with E-state index in [9.17, 15) is 0 Å². The van der Waals surface area contributed by atoms with Crippen molar-refractivity contribution >= 4 is 23.4 Å². The monoisotopic (exact) mass is 242 g/mol. The molecular weight excluding hydrogens is 224 g/mol. The van der Waals surface area contributed by atoms with Gasteiger partial charge < -0.3 is 15.7 Å². The average molecular weight is 242 g/mol. The highest BCUT2D eigenvalue weighted by Gasteiger charge is 2.06. The van der Waals surface area contributed by atoms with E-state index in [1.165, 1.54) is 11.8 Å². The number of aliphatic hydroxyl groups excluding tert-OH is 1. The van der Waals surface area contributed by atoms with Crippen molar-refractivity contribution in [1.82, 2.24) is 9.97 Å². The second kappa shape index (κ2) is 6.55. The highest BCUT2D eigenvalue weighted by atomic mass is 32.2. The van der Waals surface area contributed by atoms with Crippen molar-refractivity contribution < 1.29 is 5.11 Å². The van der Waals surface area contributed by atoms with Crippen LogP contribution in [0.5, 0.6) is 0 Å². The van der Waals surface area contributed by atoms with Crippen LogP contribution < -0.4 is 10.6 Å². The average Bonchev–Trinajstić information content (AvgIpc) is 2.28. The van der Waals surface area contributed by atoms with Gasteiger partial charge in [-0.05, 0) is 19.6 Å². The molecule has 0 aliphatic carbocycles. The van der Waals surface area contributed by atoms with E-state index in [2.05, 4.69) is 20.6 Å². The largest absolute Gasteiger partial charge is 0.396 e. The maximum absolute atomic E-state index is 8.83. The topological polar surface area (TPSA) is 70.1 Å². The third-order valence-electron chi connectivity index (χ3n) is 2.10. The van der Waals surface area contributed by atoms with Gasteiger partial charge in [0, 0.05) is 25.8 Å². The first kappa shape index (κ1) is 13.1. The number of rotatable bonds is 6. The van der Waals surface area contributed by atoms with E-state index in [1.807, 2.05) is 26.3 Å². The fourth-order valence-electron chi connectivity index (χ4n) is 1.24. The Morgan fingerprint density at radius 3 is 2.69 bits per heavy atom. The molecule has 16 heavy (non-hydrogen) atoms. The van der Waals surface area contributed by atoms with E-state index in [0.717, 1.165) is 16.8 Å². The molecule has 0 saturated carbocycles. The number of aliphatic hydroxyl groups is 1. The smallest absolute Gasteiger partial charge is 0.191 e. The number of thioether (sulfide) groups is 1. The van der Waals surface area contributed by atoms with Gasteiger partial charge in [0.2, 0.25) is 0 Å². The van der Waals surface area contributed by atoms with Crippen molar-refractivity contribution in [2.75, 3.05) is 30.5 Å². The molecule has 90 valence electrons. The zero-order valence-electron chi connectivity index (χ0n) is 9.82. The van der Waals surface area contributed by atoms with Crippen molar-refractivity contribution in [3.63, 3.8) is 0 Å². The van der Waals surface area contributed by atoms with Crippen molar-refractivity contribution in [3.05, 3.63) is 6.07 Å². The zero-order valence-corrected chi connectivity index (χ0v) is 10.6. The summed E-state index contributed by atoms with van der Waals surface area (Å²) >= 11 is 1.50. The molecule has 1 heterocycles. The Morgan fingerprint density at radius 1 is 1.44 bits per heavy atom. The van der Waals surface area contributed by atoms with Crippen LogP contribution in [0.15, 0.2) is 11.2 Å². The molecule has 5 nitrogen and oxygen atoms in total. The summed E-state index contributed by atoms with van der Waals surface area (Å²) < 4.78 is 0. The Balaban J connectivity index is 2.78. The number of hydrogen-bond donors (Lipinski definition) is 3. The van der Waals surface area contributed by atoms with E-state index in [-0.39, 0.29) is 12.6 Å². The molecule has 0 spiro atoms. The normalized spacial score (nSPS) is 12.2. The predicted molar refractivity (Wildman–Crippen MR) is 68.1 cm³/mol. The Kier molecular flexibility index (Phi) is 5.34. The Hall–Kier alpha value is -1.01. The van der Waals surface area contributed by atoms with Crippen molar-refractivity contribution in [1.29, 1.82) is 0 Å². The van der Waals surface area contributed by atoms with Crippen LogP contribution in [0.2, 0.25) is 0 Å². The molecule has 1 atom stereocenters. The Labute approximate surface area is 100 Å². The van der Waals surface area contributed by atoms with Crippen LogP contribution >= 0.6 is 11.8 Å². The minimum atomic E-state index is 0.174. The number of nitrogens with one attached hydrogen (secondary N) is 2. The van der Waals surface area contributed by atoms with Gasteiger partial charge in [-0.1, -0.05) is 11.8 Å². The molecule has 6 heteroatoms. The standard InChI is InChI=1S/C10H18N4OS/c1-7(4-5-15)12-9-6-8(11-2)13-10(14-9)16-3/h6-7,15H,4-5H2,1-3H3,(H2,11,12,13,14). The van der Waals surface area contributed by atoms with E-state index < -0.39 is 0 Å². The second-order valence-corrected chi connectivity index (χ2v) is 4.21. The molecule has 0 aromatic carbocycles. The SMILES string of the molecule is CNc1cc(NC(C)CCO)nc(SC)n1. The molecule has 0 fully saturated rings. The van der Waals surface area contributed by atoms with E-state index in [0.29, 0.717) is 6.42 Å². The van der Waals surface area contributed by atoms with Gasteiger partial charge in [0.15, 0.2) is 5.16 Å². The summed E-state index contributed by atoms with van der Waals surface area (Å²) in [4.78, 5) is 8.62. The molecule has 0 aliphatic heterocycles. The lowest BCUT2D eigenvalue weighted by atomic mass is 10.2. The van der Waals surface area contributed by atoms with Crippen LogP contribution in [0.4, 0.5) is 11.6 Å². The lowest BCUT2D eigenvalue weighted by molar-refractivity contribution is 0.282. The van der Waals surface area contributed by atoms with E-state index in [4.69, 9.17) is 5.11 Å². The van der Waals surface area contributed by atoms with Gasteiger partial charge in [-0.25, -0.2) is 9.97 Å². The maximum atomic E-state index is 8.83. The van der Waals surface area contributed by atoms with Crippen molar-refractivity contribution in [2.45, 2.75) is 24.5 Å². The van der Waals surface area contributed by atoms with Crippen molar-refractivity contribution in [3.8, 4) is 0 Å². The first-order chi connectivity index (χ1) is 7.69. The molecule has 1 rings (SSSR count). The highest BCUT2D eigenvalue weighted by molar-refractivity contribution is 7.98. The second-order valence-electron chi connectivity index (χ2n) is 3.43. The van der Waals surface area contributed by atoms with Crippen LogP contribution in [0.25, 0.3) is 0 Å². The fourth-order valence-corrected chi connectivity index (χ4v) is 1.62. The predicted octanol–water partition coefficient (Wildman–Crippen LogP) is 1.42. The van der Waals surface area contributed by atoms with E-state index in [1.54, 1.807) is 0 Å². The summed E-state index contributed by atoms with van der Waals surface area (Å²) in [5, 5.41) is 15.8. The Morgan fingerprint density at radius 2 is 2.12 bits per heavy atom. The summed E-state index contributed by atoms with van der Waals surface area (Å²) in [7, 11) is 1.83. The van der Waals surface area contributed by atoms with Crippen LogP contribution in [-0.4, -0.2) is 41.0 Å². The minimum absolute atomic E-state index is 0.174. The number of aromatic nitrogens is 2. The molecule has 0 saturated heterocycles. The number of nitrogens with zero attached hydrogens (tertiary/aromatic N) is 2. The third-order valence-corrected chi connectivity index (χ3v) is 2.65. The summed E-state index contributed by atoms with van der Waals surface area (Å²) in [6.45, 7) is 2.18. The molecule has 1 unspecified atom stereocenters. The summed E-state index contributed by atoms with van der Waals surface area (Å²) in [5.74, 6) is 1.57. The number of hydrogen-bond acceptors (Lipinski definition) is 6. The number of anilines is 2. The van der Waals surface area contributed by atoms with Crippen LogP contribution in [-0.2, 0) is 0 Å². The molecule has 1 aromatic heterocycles. The molecule has 0 amide bonds. The summed E-state index contributed by atoms with van der Waals surface area (Å²) in [5.41, 5.74) is 0. The van der Waals surface area contributed by atoms with Gasteiger partial charge in [0.1, 0.15) is 11.6 Å². The Bertz CT molecular complexity index is 312. The minimum Gasteiger partial charge on any atom is -0.396 e. The molecular formula is C10H18N4OS. The van der Waals surface area contributed by atoms with Gasteiger partial charge in [-0.3, -0.25) is 0 Å². The van der Waals surface area contributed by atoms with Gasteiger partial charge >= 0.3 is 0 Å². The fraction of sp³-hybridized carbons (Fsp3) is 0.600. The van der Waals surface area contributed by atoms with E-state index >= 15 is 0 Å². The highest BCUT2D eigenvalue weighted by Crippen LogP contribution is 2.17. The molecule has 0 bridgehead atoms.